The normalized spacial score (nSPS) is 10.1. The predicted octanol–water partition coefficient (Wildman–Crippen LogP) is -0.561. The van der Waals surface area contributed by atoms with Crippen molar-refractivity contribution in [1.29, 1.82) is 0 Å². The maximum absolute atomic E-state index is 12.1. The predicted molar refractivity (Wildman–Crippen MR) is 70.7 cm³/mol. The maximum atomic E-state index is 12.1. The van der Waals surface area contributed by atoms with E-state index in [2.05, 4.69) is 16.3 Å². The van der Waals surface area contributed by atoms with Gasteiger partial charge in [-0.2, -0.15) is 0 Å². The number of carbonyl (C=O) groups excluding carboxylic acids is 1. The number of nitrogens with one attached hydrogen (secondary N) is 2. The van der Waals surface area contributed by atoms with E-state index in [-0.39, 0.29) is 18.5 Å². The number of fused-ring (bicyclic) bond motifs is 1. The number of benzene rings is 1. The molecule has 0 atom stereocenters. The van der Waals surface area contributed by atoms with Crippen molar-refractivity contribution in [2.45, 2.75) is 6.54 Å². The fourth-order valence-electron chi connectivity index (χ4n) is 1.71. The van der Waals surface area contributed by atoms with Crippen LogP contribution in [0.4, 0.5) is 0 Å². The summed E-state index contributed by atoms with van der Waals surface area (Å²) < 4.78 is 0.969. The molecule has 6 nitrogen and oxygen atoms in total. The molecule has 0 saturated heterocycles. The number of rotatable bonds is 3. The molecule has 0 spiro atoms. The van der Waals surface area contributed by atoms with Gasteiger partial charge in [0.05, 0.1) is 17.3 Å². The van der Waals surface area contributed by atoms with E-state index in [1.54, 1.807) is 24.3 Å². The van der Waals surface area contributed by atoms with Crippen molar-refractivity contribution in [3.63, 3.8) is 0 Å². The number of aromatic amines is 1. The molecule has 2 rings (SSSR count). The highest BCUT2D eigenvalue weighted by Gasteiger charge is 2.09. The van der Waals surface area contributed by atoms with Crippen LogP contribution in [0.25, 0.3) is 10.8 Å². The molecule has 0 radical (unpaired) electrons. The molecule has 0 unspecified atom stereocenters. The summed E-state index contributed by atoms with van der Waals surface area (Å²) in [6, 6.07) is 6.42. The van der Waals surface area contributed by atoms with Crippen LogP contribution in [0.15, 0.2) is 33.9 Å². The average molecular weight is 257 g/mol. The Labute approximate surface area is 108 Å². The molecule has 0 fully saturated rings. The van der Waals surface area contributed by atoms with Crippen molar-refractivity contribution in [2.24, 2.45) is 0 Å². The second kappa shape index (κ2) is 5.23. The van der Waals surface area contributed by atoms with Crippen LogP contribution in [0, 0.1) is 12.3 Å². The van der Waals surface area contributed by atoms with Crippen molar-refractivity contribution in [2.75, 3.05) is 6.54 Å². The Kier molecular flexibility index (Phi) is 3.48. The first-order valence-corrected chi connectivity index (χ1v) is 5.55. The minimum absolute atomic E-state index is 0.0748. The van der Waals surface area contributed by atoms with Gasteiger partial charge < -0.3 is 5.32 Å². The van der Waals surface area contributed by atoms with Crippen LogP contribution >= 0.6 is 0 Å². The van der Waals surface area contributed by atoms with E-state index >= 15 is 0 Å². The van der Waals surface area contributed by atoms with Crippen molar-refractivity contribution >= 4 is 16.7 Å². The van der Waals surface area contributed by atoms with Gasteiger partial charge in [-0.15, -0.1) is 6.42 Å². The number of hydrogen-bond acceptors (Lipinski definition) is 3. The van der Waals surface area contributed by atoms with E-state index in [4.69, 9.17) is 6.42 Å². The molecule has 2 aromatic rings. The molecule has 1 amide bonds. The lowest BCUT2D eigenvalue weighted by atomic mass is 10.2. The number of H-pyrrole nitrogens is 1. The Balaban J connectivity index is 2.43. The summed E-state index contributed by atoms with van der Waals surface area (Å²) in [6.45, 7) is -0.202. The maximum Gasteiger partial charge on any atom is 0.273 e. The van der Waals surface area contributed by atoms with E-state index in [9.17, 15) is 14.4 Å². The van der Waals surface area contributed by atoms with Crippen molar-refractivity contribution in [3.05, 3.63) is 45.0 Å². The minimum Gasteiger partial charge on any atom is -0.344 e. The van der Waals surface area contributed by atoms with Crippen molar-refractivity contribution in [3.8, 4) is 12.3 Å². The van der Waals surface area contributed by atoms with Gasteiger partial charge in [0.15, 0.2) is 0 Å². The number of hydrogen-bond donors (Lipinski definition) is 2. The van der Waals surface area contributed by atoms with Crippen molar-refractivity contribution in [1.82, 2.24) is 15.1 Å². The molecule has 0 aliphatic heterocycles. The lowest BCUT2D eigenvalue weighted by molar-refractivity contribution is -0.121. The first-order chi connectivity index (χ1) is 9.13. The van der Waals surface area contributed by atoms with Gasteiger partial charge in [0, 0.05) is 0 Å². The van der Waals surface area contributed by atoms with E-state index in [0.29, 0.717) is 5.39 Å². The number of carbonyl (C=O) groups is 1. The molecule has 1 heterocycles. The summed E-state index contributed by atoms with van der Waals surface area (Å²) in [5, 5.41) is 5.35. The molecule has 0 saturated carbocycles. The molecular weight excluding hydrogens is 246 g/mol. The van der Waals surface area contributed by atoms with Gasteiger partial charge in [0.1, 0.15) is 6.54 Å². The van der Waals surface area contributed by atoms with Crippen LogP contribution in [-0.2, 0) is 11.3 Å². The average Bonchev–Trinajstić information content (AvgIpc) is 2.42. The fraction of sp³-hybridized carbons (Fsp3) is 0.154. The Morgan fingerprint density at radius 1 is 1.32 bits per heavy atom. The van der Waals surface area contributed by atoms with E-state index < -0.39 is 17.0 Å². The zero-order valence-electron chi connectivity index (χ0n) is 9.97. The van der Waals surface area contributed by atoms with Crippen molar-refractivity contribution < 1.29 is 4.79 Å². The van der Waals surface area contributed by atoms with Gasteiger partial charge in [-0.1, -0.05) is 18.1 Å². The monoisotopic (exact) mass is 257 g/mol. The third kappa shape index (κ3) is 2.55. The standard InChI is InChI=1S/C13H11N3O3/c1-2-7-14-11(17)8-16-13(19)10-6-4-3-5-9(10)12(18)15-16/h1,3-6H,7-8H2,(H,14,17)(H,15,18). The summed E-state index contributed by atoms with van der Waals surface area (Å²) in [5.74, 6) is 1.81. The summed E-state index contributed by atoms with van der Waals surface area (Å²) in [6.07, 6.45) is 5.01. The molecule has 1 aromatic carbocycles. The number of aromatic nitrogens is 2. The first-order valence-electron chi connectivity index (χ1n) is 5.55. The molecule has 2 N–H and O–H groups in total. The molecule has 6 heteroatoms. The summed E-state index contributed by atoms with van der Waals surface area (Å²) in [7, 11) is 0. The van der Waals surface area contributed by atoms with Crippen LogP contribution in [0.2, 0.25) is 0 Å². The zero-order chi connectivity index (χ0) is 13.8. The Morgan fingerprint density at radius 2 is 2.00 bits per heavy atom. The quantitative estimate of drug-likeness (QED) is 0.723. The Hall–Kier alpha value is -2.81. The second-order valence-electron chi connectivity index (χ2n) is 3.86. The van der Waals surface area contributed by atoms with Gasteiger partial charge >= 0.3 is 0 Å². The van der Waals surface area contributed by atoms with Gasteiger partial charge in [-0.3, -0.25) is 19.5 Å². The smallest absolute Gasteiger partial charge is 0.273 e. The molecule has 1 aromatic heterocycles. The third-order valence-corrected chi connectivity index (χ3v) is 2.57. The molecule has 0 bridgehead atoms. The Morgan fingerprint density at radius 3 is 2.68 bits per heavy atom. The second-order valence-corrected chi connectivity index (χ2v) is 3.86. The topological polar surface area (TPSA) is 84.0 Å². The first kappa shape index (κ1) is 12.6. The highest BCUT2D eigenvalue weighted by Crippen LogP contribution is 2.02. The largest absolute Gasteiger partial charge is 0.344 e. The van der Waals surface area contributed by atoms with E-state index in [1.165, 1.54) is 0 Å². The lowest BCUT2D eigenvalue weighted by Gasteiger charge is -2.06. The van der Waals surface area contributed by atoms with Crippen LogP contribution in [-0.4, -0.2) is 22.2 Å². The van der Waals surface area contributed by atoms with Crippen LogP contribution in [0.1, 0.15) is 0 Å². The Bertz CT molecular complexity index is 780. The molecule has 96 valence electrons. The third-order valence-electron chi connectivity index (χ3n) is 2.57. The van der Waals surface area contributed by atoms with Crippen LogP contribution in [0.3, 0.4) is 0 Å². The molecule has 0 aliphatic rings. The highest BCUT2D eigenvalue weighted by molar-refractivity contribution is 5.81. The minimum atomic E-state index is -0.439. The zero-order valence-corrected chi connectivity index (χ0v) is 9.97. The lowest BCUT2D eigenvalue weighted by Crippen LogP contribution is -2.36. The summed E-state index contributed by atoms with van der Waals surface area (Å²) in [4.78, 5) is 35.3. The van der Waals surface area contributed by atoms with E-state index in [0.717, 1.165) is 4.68 Å². The molecular formula is C13H11N3O3. The molecule has 0 aliphatic carbocycles. The highest BCUT2D eigenvalue weighted by atomic mass is 16.2. The van der Waals surface area contributed by atoms with E-state index in [1.807, 2.05) is 0 Å². The van der Waals surface area contributed by atoms with Gasteiger partial charge in [-0.25, -0.2) is 4.68 Å². The summed E-state index contributed by atoms with van der Waals surface area (Å²) in [5.41, 5.74) is -0.842. The number of terminal acetylenes is 1. The number of nitrogens with zero attached hydrogens (tertiary/aromatic N) is 1. The van der Waals surface area contributed by atoms with Crippen LogP contribution in [0.5, 0.6) is 0 Å². The fourth-order valence-corrected chi connectivity index (χ4v) is 1.71. The van der Waals surface area contributed by atoms with Gasteiger partial charge in [-0.05, 0) is 12.1 Å². The SMILES string of the molecule is C#CCNC(=O)Cn1[nH]c(=O)c2ccccc2c1=O. The summed E-state index contributed by atoms with van der Waals surface area (Å²) >= 11 is 0. The van der Waals surface area contributed by atoms with Gasteiger partial charge in [0.2, 0.25) is 5.91 Å². The van der Waals surface area contributed by atoms with Crippen LogP contribution < -0.4 is 16.4 Å². The molecule has 19 heavy (non-hydrogen) atoms. The van der Waals surface area contributed by atoms with Gasteiger partial charge in [0.25, 0.3) is 11.1 Å². The number of amides is 1.